The van der Waals surface area contributed by atoms with Gasteiger partial charge in [-0.3, -0.25) is 4.79 Å². The molecule has 0 aromatic heterocycles. The summed E-state index contributed by atoms with van der Waals surface area (Å²) < 4.78 is 37.0. The Hall–Kier alpha value is -2.00. The van der Waals surface area contributed by atoms with Crippen LogP contribution in [-0.2, 0) is 0 Å². The van der Waals surface area contributed by atoms with Crippen molar-refractivity contribution in [3.63, 3.8) is 0 Å². The van der Waals surface area contributed by atoms with Crippen molar-refractivity contribution >= 4 is 5.91 Å². The summed E-state index contributed by atoms with van der Waals surface area (Å²) >= 11 is 0. The van der Waals surface area contributed by atoms with E-state index in [1.54, 1.807) is 19.1 Å². The van der Waals surface area contributed by atoms with Crippen molar-refractivity contribution in [3.05, 3.63) is 34.9 Å². The van der Waals surface area contributed by atoms with Gasteiger partial charge in [0.2, 0.25) is 0 Å². The molecule has 0 bridgehead atoms. The summed E-state index contributed by atoms with van der Waals surface area (Å²) in [6.45, 7) is 0.560. The number of rotatable bonds is 2. The highest BCUT2D eigenvalue weighted by atomic mass is 19.4. The second-order valence-electron chi connectivity index (χ2n) is 4.33. The predicted octanol–water partition coefficient (Wildman–Crippen LogP) is 1.94. The first-order valence-electron chi connectivity index (χ1n) is 5.86. The topological polar surface area (TPSA) is 46.3 Å². The molecule has 0 heterocycles. The van der Waals surface area contributed by atoms with Crippen molar-refractivity contribution in [1.82, 2.24) is 4.90 Å². The molecule has 1 amide bonds. The number of alkyl halides is 3. The van der Waals surface area contributed by atoms with Crippen LogP contribution in [0.5, 0.6) is 0 Å². The quantitative estimate of drug-likeness (QED) is 0.844. The molecule has 1 aromatic carbocycles. The van der Waals surface area contributed by atoms with Gasteiger partial charge >= 0.3 is 6.18 Å². The maximum atomic E-state index is 12.3. The van der Waals surface area contributed by atoms with Crippen LogP contribution in [0.4, 0.5) is 13.2 Å². The fourth-order valence-electron chi connectivity index (χ4n) is 1.64. The van der Waals surface area contributed by atoms with E-state index in [2.05, 4.69) is 11.8 Å². The van der Waals surface area contributed by atoms with Gasteiger partial charge in [-0.15, -0.1) is 0 Å². The molecule has 6 heteroatoms. The molecule has 0 radical (unpaired) electrons. The Morgan fingerprint density at radius 1 is 1.40 bits per heavy atom. The van der Waals surface area contributed by atoms with E-state index in [0.717, 1.165) is 12.6 Å². The van der Waals surface area contributed by atoms with Crippen LogP contribution in [0.15, 0.2) is 18.2 Å². The zero-order valence-corrected chi connectivity index (χ0v) is 11.2. The van der Waals surface area contributed by atoms with Gasteiger partial charge in [0.05, 0.1) is 12.1 Å². The molecule has 2 N–H and O–H groups in total. The van der Waals surface area contributed by atoms with Gasteiger partial charge in [0, 0.05) is 12.6 Å². The van der Waals surface area contributed by atoms with Crippen molar-refractivity contribution in [2.24, 2.45) is 5.73 Å². The van der Waals surface area contributed by atoms with Gasteiger partial charge in [0.1, 0.15) is 6.54 Å². The Morgan fingerprint density at radius 3 is 2.60 bits per heavy atom. The molecular weight excluding hydrogens is 269 g/mol. The zero-order valence-electron chi connectivity index (χ0n) is 11.2. The lowest BCUT2D eigenvalue weighted by molar-refractivity contribution is -0.138. The van der Waals surface area contributed by atoms with Crippen molar-refractivity contribution < 1.29 is 18.0 Å². The van der Waals surface area contributed by atoms with Gasteiger partial charge < -0.3 is 10.6 Å². The van der Waals surface area contributed by atoms with Gasteiger partial charge in [-0.1, -0.05) is 23.5 Å². The largest absolute Gasteiger partial charge is 0.406 e. The minimum absolute atomic E-state index is 0.111. The van der Waals surface area contributed by atoms with E-state index < -0.39 is 18.6 Å². The molecule has 1 aromatic rings. The smallest absolute Gasteiger partial charge is 0.333 e. The van der Waals surface area contributed by atoms with E-state index in [0.29, 0.717) is 10.5 Å². The molecule has 0 fully saturated rings. The van der Waals surface area contributed by atoms with Crippen molar-refractivity contribution in [3.8, 4) is 11.8 Å². The van der Waals surface area contributed by atoms with Gasteiger partial charge in [-0.05, 0) is 19.1 Å². The number of hydrogen-bond acceptors (Lipinski definition) is 2. The fourth-order valence-corrected chi connectivity index (χ4v) is 1.64. The summed E-state index contributed by atoms with van der Waals surface area (Å²) in [5, 5.41) is 0. The molecule has 3 nitrogen and oxygen atoms in total. The summed E-state index contributed by atoms with van der Waals surface area (Å²) in [6.07, 6.45) is -4.43. The Labute approximate surface area is 115 Å². The van der Waals surface area contributed by atoms with E-state index in [4.69, 9.17) is 5.73 Å². The molecule has 0 aliphatic heterocycles. The Kier molecular flexibility index (Phi) is 5.17. The molecule has 1 rings (SSSR count). The second kappa shape index (κ2) is 6.44. The number of hydrogen-bond donors (Lipinski definition) is 1. The number of halogens is 3. The van der Waals surface area contributed by atoms with E-state index in [1.807, 2.05) is 0 Å². The van der Waals surface area contributed by atoms with Crippen LogP contribution in [0.3, 0.4) is 0 Å². The first-order valence-corrected chi connectivity index (χ1v) is 5.86. The molecule has 0 unspecified atom stereocenters. The Morgan fingerprint density at radius 2 is 2.05 bits per heavy atom. The Balaban J connectivity index is 3.11. The number of aryl methyl sites for hydroxylation is 1. The lowest BCUT2D eigenvalue weighted by Crippen LogP contribution is -2.36. The standard InChI is InChI=1S/C14H15F3N2O/c1-10-5-6-11(4-3-7-18)12(8-10)13(20)19(2)9-14(15,16)17/h5-6,8H,7,9,18H2,1-2H3. The minimum Gasteiger partial charge on any atom is -0.333 e. The average molecular weight is 284 g/mol. The first kappa shape index (κ1) is 16.1. The van der Waals surface area contributed by atoms with E-state index in [9.17, 15) is 18.0 Å². The van der Waals surface area contributed by atoms with Gasteiger partial charge in [0.25, 0.3) is 5.91 Å². The third-order valence-electron chi connectivity index (χ3n) is 2.49. The SMILES string of the molecule is Cc1ccc(C#CCN)c(C(=O)N(C)CC(F)(F)F)c1. The van der Waals surface area contributed by atoms with Crippen molar-refractivity contribution in [2.75, 3.05) is 20.1 Å². The van der Waals surface area contributed by atoms with Crippen LogP contribution in [0.25, 0.3) is 0 Å². The van der Waals surface area contributed by atoms with Crippen LogP contribution in [0.1, 0.15) is 21.5 Å². The second-order valence-corrected chi connectivity index (χ2v) is 4.33. The molecule has 20 heavy (non-hydrogen) atoms. The summed E-state index contributed by atoms with van der Waals surface area (Å²) in [6, 6.07) is 4.86. The molecule has 0 spiro atoms. The lowest BCUT2D eigenvalue weighted by atomic mass is 10.0. The highest BCUT2D eigenvalue weighted by molar-refractivity contribution is 5.96. The highest BCUT2D eigenvalue weighted by Crippen LogP contribution is 2.19. The summed E-state index contributed by atoms with van der Waals surface area (Å²) in [7, 11) is 1.11. The molecule has 0 saturated heterocycles. The number of carbonyl (C=O) groups excluding carboxylic acids is 1. The molecule has 0 atom stereocenters. The van der Waals surface area contributed by atoms with E-state index in [1.165, 1.54) is 6.07 Å². The van der Waals surface area contributed by atoms with Gasteiger partial charge in [0.15, 0.2) is 0 Å². The summed E-state index contributed by atoms with van der Waals surface area (Å²) in [4.78, 5) is 12.7. The molecular formula is C14H15F3N2O. The van der Waals surface area contributed by atoms with Crippen LogP contribution >= 0.6 is 0 Å². The monoisotopic (exact) mass is 284 g/mol. The van der Waals surface area contributed by atoms with Gasteiger partial charge in [-0.2, -0.15) is 13.2 Å². The minimum atomic E-state index is -4.43. The zero-order chi connectivity index (χ0) is 15.3. The third kappa shape index (κ3) is 4.59. The van der Waals surface area contributed by atoms with Crippen LogP contribution < -0.4 is 5.73 Å². The summed E-state index contributed by atoms with van der Waals surface area (Å²) in [5.41, 5.74) is 6.55. The predicted molar refractivity (Wildman–Crippen MR) is 70.1 cm³/mol. The number of nitrogens with zero attached hydrogens (tertiary/aromatic N) is 1. The molecule has 0 aliphatic carbocycles. The molecule has 0 aliphatic rings. The van der Waals surface area contributed by atoms with Crippen LogP contribution in [-0.4, -0.2) is 37.1 Å². The van der Waals surface area contributed by atoms with Gasteiger partial charge in [-0.25, -0.2) is 0 Å². The highest BCUT2D eigenvalue weighted by Gasteiger charge is 2.31. The molecule has 108 valence electrons. The lowest BCUT2D eigenvalue weighted by Gasteiger charge is -2.19. The number of benzene rings is 1. The van der Waals surface area contributed by atoms with Crippen molar-refractivity contribution in [1.29, 1.82) is 0 Å². The average Bonchev–Trinajstić information content (AvgIpc) is 2.34. The third-order valence-corrected chi connectivity index (χ3v) is 2.49. The molecule has 0 saturated carbocycles. The number of amides is 1. The summed E-state index contributed by atoms with van der Waals surface area (Å²) in [5.74, 6) is 4.57. The van der Waals surface area contributed by atoms with E-state index in [-0.39, 0.29) is 12.1 Å². The fraction of sp³-hybridized carbons (Fsp3) is 0.357. The number of carbonyl (C=O) groups is 1. The van der Waals surface area contributed by atoms with E-state index >= 15 is 0 Å². The van der Waals surface area contributed by atoms with Crippen LogP contribution in [0, 0.1) is 18.8 Å². The maximum absolute atomic E-state index is 12.3. The Bertz CT molecular complexity index is 556. The van der Waals surface area contributed by atoms with Crippen molar-refractivity contribution in [2.45, 2.75) is 13.1 Å². The normalized spacial score (nSPS) is 10.7. The first-order chi connectivity index (χ1) is 9.24. The maximum Gasteiger partial charge on any atom is 0.406 e. The number of nitrogens with two attached hydrogens (primary N) is 1. The van der Waals surface area contributed by atoms with Crippen LogP contribution in [0.2, 0.25) is 0 Å².